The monoisotopic (exact) mass is 346 g/mol. The minimum Gasteiger partial charge on any atom is -0.452 e. The highest BCUT2D eigenvalue weighted by molar-refractivity contribution is 14.1. The van der Waals surface area contributed by atoms with Crippen LogP contribution in [0.15, 0.2) is 41.0 Å². The van der Waals surface area contributed by atoms with Crippen molar-refractivity contribution >= 4 is 40.0 Å². The molecule has 2 aromatic rings. The highest BCUT2D eigenvalue weighted by Crippen LogP contribution is 2.19. The molecular formula is C12H8ClIO2. The summed E-state index contributed by atoms with van der Waals surface area (Å²) in [5, 5.41) is 0.163. The van der Waals surface area contributed by atoms with E-state index in [1.54, 1.807) is 6.07 Å². The maximum Gasteiger partial charge on any atom is 0.203 e. The first-order chi connectivity index (χ1) is 7.66. The number of ketones is 1. The minimum absolute atomic E-state index is 0.0278. The molecule has 4 heteroatoms. The highest BCUT2D eigenvalue weighted by Gasteiger charge is 2.13. The molecular weight excluding hydrogens is 338 g/mol. The van der Waals surface area contributed by atoms with Gasteiger partial charge in [-0.05, 0) is 58.0 Å². The van der Waals surface area contributed by atoms with Gasteiger partial charge in [-0.15, -0.1) is 0 Å². The Morgan fingerprint density at radius 2 is 1.94 bits per heavy atom. The third kappa shape index (κ3) is 2.65. The van der Waals surface area contributed by atoms with Crippen LogP contribution in [0.25, 0.3) is 0 Å². The van der Waals surface area contributed by atoms with Crippen LogP contribution in [-0.4, -0.2) is 5.78 Å². The molecule has 0 aliphatic heterocycles. The molecule has 0 saturated heterocycles. The Bertz CT molecular complexity index is 502. The number of carbonyl (C=O) groups excluding carboxylic acids is 1. The lowest BCUT2D eigenvalue weighted by Crippen LogP contribution is -2.02. The largest absolute Gasteiger partial charge is 0.452 e. The third-order valence-electron chi connectivity index (χ3n) is 2.20. The molecule has 0 unspecified atom stereocenters. The summed E-state index contributed by atoms with van der Waals surface area (Å²) in [5.74, 6) is -0.0278. The fraction of sp³-hybridized carbons (Fsp3) is 0.0833. The summed E-state index contributed by atoms with van der Waals surface area (Å²) >= 11 is 7.96. The molecule has 1 aromatic carbocycles. The number of furan rings is 1. The molecule has 0 bridgehead atoms. The predicted octanol–water partition coefficient (Wildman–Crippen LogP) is 3.96. The average molecular weight is 347 g/mol. The van der Waals surface area contributed by atoms with E-state index in [9.17, 15) is 4.79 Å². The van der Waals surface area contributed by atoms with Crippen molar-refractivity contribution in [2.45, 2.75) is 6.42 Å². The second-order valence-corrected chi connectivity index (χ2v) is 4.92. The van der Waals surface area contributed by atoms with Gasteiger partial charge in [0, 0.05) is 9.99 Å². The van der Waals surface area contributed by atoms with Gasteiger partial charge in [0.15, 0.2) is 5.78 Å². The molecule has 82 valence electrons. The second kappa shape index (κ2) is 5.01. The normalized spacial score (nSPS) is 10.4. The fourth-order valence-corrected chi connectivity index (χ4v) is 1.96. The SMILES string of the molecule is O=C(Cc1ccc(I)cc1)c1ccoc1Cl. The summed E-state index contributed by atoms with van der Waals surface area (Å²) in [4.78, 5) is 11.8. The van der Waals surface area contributed by atoms with Crippen LogP contribution in [0, 0.1) is 3.57 Å². The molecule has 1 heterocycles. The Hall–Kier alpha value is -0.810. The van der Waals surface area contributed by atoms with Crippen LogP contribution in [0.5, 0.6) is 0 Å². The fourth-order valence-electron chi connectivity index (χ4n) is 1.38. The van der Waals surface area contributed by atoms with E-state index in [0.29, 0.717) is 12.0 Å². The Labute approximate surface area is 112 Å². The summed E-state index contributed by atoms with van der Waals surface area (Å²) in [7, 11) is 0. The first-order valence-electron chi connectivity index (χ1n) is 4.67. The molecule has 0 spiro atoms. The summed E-state index contributed by atoms with van der Waals surface area (Å²) in [6, 6.07) is 9.42. The van der Waals surface area contributed by atoms with Gasteiger partial charge in [-0.1, -0.05) is 12.1 Å². The van der Waals surface area contributed by atoms with E-state index >= 15 is 0 Å². The van der Waals surface area contributed by atoms with Gasteiger partial charge >= 0.3 is 0 Å². The van der Waals surface area contributed by atoms with Gasteiger partial charge in [-0.3, -0.25) is 4.79 Å². The van der Waals surface area contributed by atoms with Gasteiger partial charge in [0.05, 0.1) is 11.8 Å². The molecule has 0 aliphatic carbocycles. The van der Waals surface area contributed by atoms with Crippen molar-refractivity contribution in [3.05, 3.63) is 56.5 Å². The predicted molar refractivity (Wildman–Crippen MR) is 70.9 cm³/mol. The Morgan fingerprint density at radius 3 is 2.50 bits per heavy atom. The molecule has 16 heavy (non-hydrogen) atoms. The average Bonchev–Trinajstić information content (AvgIpc) is 2.68. The van der Waals surface area contributed by atoms with Crippen LogP contribution in [0.1, 0.15) is 15.9 Å². The number of benzene rings is 1. The van der Waals surface area contributed by atoms with E-state index < -0.39 is 0 Å². The van der Waals surface area contributed by atoms with Crippen molar-refractivity contribution in [1.82, 2.24) is 0 Å². The molecule has 0 fully saturated rings. The molecule has 1 aromatic heterocycles. The van der Waals surface area contributed by atoms with Crippen LogP contribution in [-0.2, 0) is 6.42 Å². The number of hydrogen-bond donors (Lipinski definition) is 0. The van der Waals surface area contributed by atoms with Gasteiger partial charge in [0.1, 0.15) is 0 Å². The smallest absolute Gasteiger partial charge is 0.203 e. The molecule has 0 aliphatic rings. The minimum atomic E-state index is -0.0278. The topological polar surface area (TPSA) is 30.2 Å². The van der Waals surface area contributed by atoms with E-state index in [4.69, 9.17) is 16.0 Å². The van der Waals surface area contributed by atoms with Crippen molar-refractivity contribution in [2.24, 2.45) is 0 Å². The number of halogens is 2. The van der Waals surface area contributed by atoms with Gasteiger partial charge in [-0.2, -0.15) is 0 Å². The number of rotatable bonds is 3. The van der Waals surface area contributed by atoms with Crippen molar-refractivity contribution in [1.29, 1.82) is 0 Å². The third-order valence-corrected chi connectivity index (χ3v) is 3.21. The van der Waals surface area contributed by atoms with Crippen LogP contribution in [0.2, 0.25) is 5.22 Å². The number of carbonyl (C=O) groups is 1. The zero-order valence-corrected chi connectivity index (χ0v) is 11.2. The molecule has 0 amide bonds. The lowest BCUT2D eigenvalue weighted by Gasteiger charge is -1.99. The van der Waals surface area contributed by atoms with Crippen LogP contribution < -0.4 is 0 Å². The molecule has 0 atom stereocenters. The Morgan fingerprint density at radius 1 is 1.25 bits per heavy atom. The van der Waals surface area contributed by atoms with Crippen LogP contribution >= 0.6 is 34.2 Å². The lowest BCUT2D eigenvalue weighted by atomic mass is 10.1. The standard InChI is InChI=1S/C12H8ClIO2/c13-12-10(5-6-16-12)11(15)7-8-1-3-9(14)4-2-8/h1-6H,7H2. The first kappa shape index (κ1) is 11.7. The van der Waals surface area contributed by atoms with Gasteiger partial charge in [-0.25, -0.2) is 0 Å². The van der Waals surface area contributed by atoms with E-state index in [-0.39, 0.29) is 11.0 Å². The summed E-state index contributed by atoms with van der Waals surface area (Å²) < 4.78 is 6.03. The summed E-state index contributed by atoms with van der Waals surface area (Å²) in [6.07, 6.45) is 1.76. The molecule has 0 N–H and O–H groups in total. The second-order valence-electron chi connectivity index (χ2n) is 3.33. The van der Waals surface area contributed by atoms with Gasteiger partial charge in [0.2, 0.25) is 5.22 Å². The van der Waals surface area contributed by atoms with Crippen molar-refractivity contribution in [2.75, 3.05) is 0 Å². The van der Waals surface area contributed by atoms with Gasteiger partial charge in [0.25, 0.3) is 0 Å². The Kier molecular flexibility index (Phi) is 3.66. The van der Waals surface area contributed by atoms with Crippen LogP contribution in [0.4, 0.5) is 0 Å². The molecule has 0 radical (unpaired) electrons. The van der Waals surface area contributed by atoms with Gasteiger partial charge < -0.3 is 4.42 Å². The van der Waals surface area contributed by atoms with Crippen LogP contribution in [0.3, 0.4) is 0 Å². The van der Waals surface area contributed by atoms with E-state index in [2.05, 4.69) is 22.6 Å². The number of Topliss-reactive ketones (excluding diaryl/α,β-unsaturated/α-hetero) is 1. The zero-order chi connectivity index (χ0) is 11.5. The first-order valence-corrected chi connectivity index (χ1v) is 6.13. The maximum atomic E-state index is 11.8. The molecule has 2 rings (SSSR count). The highest BCUT2D eigenvalue weighted by atomic mass is 127. The molecule has 0 saturated carbocycles. The summed E-state index contributed by atoms with van der Waals surface area (Å²) in [6.45, 7) is 0. The van der Waals surface area contributed by atoms with E-state index in [0.717, 1.165) is 9.13 Å². The van der Waals surface area contributed by atoms with Crippen molar-refractivity contribution in [3.8, 4) is 0 Å². The summed E-state index contributed by atoms with van der Waals surface area (Å²) in [5.41, 5.74) is 1.42. The quantitative estimate of drug-likeness (QED) is 0.622. The lowest BCUT2D eigenvalue weighted by molar-refractivity contribution is 0.0992. The van der Waals surface area contributed by atoms with Crippen molar-refractivity contribution in [3.63, 3.8) is 0 Å². The zero-order valence-electron chi connectivity index (χ0n) is 8.24. The Balaban J connectivity index is 2.14. The van der Waals surface area contributed by atoms with E-state index in [1.807, 2.05) is 24.3 Å². The molecule has 2 nitrogen and oxygen atoms in total. The van der Waals surface area contributed by atoms with E-state index in [1.165, 1.54) is 6.26 Å². The van der Waals surface area contributed by atoms with Crippen molar-refractivity contribution < 1.29 is 9.21 Å². The maximum absolute atomic E-state index is 11.8. The number of hydrogen-bond acceptors (Lipinski definition) is 2.